The lowest BCUT2D eigenvalue weighted by Crippen LogP contribution is -2.46. The van der Waals surface area contributed by atoms with Gasteiger partial charge < -0.3 is 14.2 Å². The van der Waals surface area contributed by atoms with Crippen molar-refractivity contribution in [2.24, 2.45) is 5.41 Å². The van der Waals surface area contributed by atoms with Gasteiger partial charge in [-0.05, 0) is 37.3 Å². The molecule has 3 aromatic rings. The summed E-state index contributed by atoms with van der Waals surface area (Å²) in [6.45, 7) is 11.9. The molecule has 6 heteroatoms. The Hall–Kier alpha value is -3.43. The second-order valence-electron chi connectivity index (χ2n) is 9.08. The molecule has 6 nitrogen and oxygen atoms in total. The van der Waals surface area contributed by atoms with Crippen molar-refractivity contribution >= 4 is 11.6 Å². The molecule has 170 valence electrons. The fraction of sp³-hybridized carbons (Fsp3) is 0.370. The van der Waals surface area contributed by atoms with Crippen LogP contribution in [-0.4, -0.2) is 47.2 Å². The highest BCUT2D eigenvalue weighted by Crippen LogP contribution is 2.36. The zero-order valence-electron chi connectivity index (χ0n) is 19.3. The number of aryl methyl sites for hydroxylation is 1. The largest absolute Gasteiger partial charge is 0.384 e. The number of methoxy groups -OCH3 is 1. The Kier molecular flexibility index (Phi) is 6.90. The summed E-state index contributed by atoms with van der Waals surface area (Å²) in [7, 11) is 1.76. The van der Waals surface area contributed by atoms with Gasteiger partial charge in [-0.25, -0.2) is 9.83 Å². The van der Waals surface area contributed by atoms with E-state index in [0.717, 1.165) is 24.8 Å². The topological polar surface area (TPSA) is 51.7 Å². The molecule has 0 aliphatic carbocycles. The third-order valence-corrected chi connectivity index (χ3v) is 6.57. The number of amides is 1. The first kappa shape index (κ1) is 22.8. The minimum Gasteiger partial charge on any atom is -0.384 e. The highest BCUT2D eigenvalue weighted by Gasteiger charge is 2.37. The summed E-state index contributed by atoms with van der Waals surface area (Å²) in [5, 5.41) is 0. The summed E-state index contributed by atoms with van der Waals surface area (Å²) in [5.74, 6) is 0.0202. The van der Waals surface area contributed by atoms with Gasteiger partial charge in [0, 0.05) is 32.2 Å². The van der Waals surface area contributed by atoms with Crippen LogP contribution in [0.25, 0.3) is 4.85 Å². The lowest BCUT2D eigenvalue weighted by Gasteiger charge is -2.41. The van der Waals surface area contributed by atoms with Gasteiger partial charge in [0.25, 0.3) is 5.91 Å². The van der Waals surface area contributed by atoms with E-state index in [2.05, 4.69) is 41.0 Å². The van der Waals surface area contributed by atoms with Crippen molar-refractivity contribution in [1.29, 1.82) is 0 Å². The number of imidazole rings is 1. The van der Waals surface area contributed by atoms with Gasteiger partial charge >= 0.3 is 0 Å². The zero-order valence-corrected chi connectivity index (χ0v) is 19.3. The van der Waals surface area contributed by atoms with E-state index in [1.807, 2.05) is 21.6 Å². The Balaban J connectivity index is 1.43. The molecule has 33 heavy (non-hydrogen) atoms. The van der Waals surface area contributed by atoms with Crippen molar-refractivity contribution in [3.8, 4) is 0 Å². The quantitative estimate of drug-likeness (QED) is 0.489. The first-order valence-electron chi connectivity index (χ1n) is 11.3. The molecule has 0 unspecified atom stereocenters. The molecule has 1 fully saturated rings. The van der Waals surface area contributed by atoms with Gasteiger partial charge in [-0.1, -0.05) is 54.1 Å². The Labute approximate surface area is 195 Å². The average molecular weight is 443 g/mol. The predicted octanol–water partition coefficient (Wildman–Crippen LogP) is 4.90. The zero-order chi connectivity index (χ0) is 23.3. The van der Waals surface area contributed by atoms with Crippen molar-refractivity contribution in [2.45, 2.75) is 32.7 Å². The first-order chi connectivity index (χ1) is 16.0. The van der Waals surface area contributed by atoms with Crippen LogP contribution in [0.1, 0.15) is 40.0 Å². The third kappa shape index (κ3) is 5.32. The van der Waals surface area contributed by atoms with E-state index in [-0.39, 0.29) is 11.3 Å². The van der Waals surface area contributed by atoms with Crippen molar-refractivity contribution in [2.75, 3.05) is 26.8 Å². The molecule has 0 saturated carbocycles. The Morgan fingerprint density at radius 2 is 1.91 bits per heavy atom. The standard InChI is InChI=1S/C27H30N4O2/c1-21-5-4-6-23(15-21)16-27(19-33-3)11-13-30(14-12-27)26(32)25-17-29-20-31(25)18-22-7-9-24(28-2)10-8-22/h4-10,15,17,20H,11-14,16,18-19H2,1,3H3. The van der Waals surface area contributed by atoms with Crippen LogP contribution in [0.2, 0.25) is 0 Å². The van der Waals surface area contributed by atoms with Crippen molar-refractivity contribution in [1.82, 2.24) is 14.5 Å². The molecule has 0 atom stereocenters. The van der Waals surface area contributed by atoms with Crippen LogP contribution in [-0.2, 0) is 17.7 Å². The van der Waals surface area contributed by atoms with E-state index in [1.165, 1.54) is 11.1 Å². The molecule has 0 spiro atoms. The minimum absolute atomic E-state index is 0.0202. The van der Waals surface area contributed by atoms with Gasteiger partial charge in [-0.2, -0.15) is 0 Å². The second-order valence-corrected chi connectivity index (χ2v) is 9.08. The van der Waals surface area contributed by atoms with E-state index in [0.29, 0.717) is 37.6 Å². The second kappa shape index (κ2) is 10.0. The lowest BCUT2D eigenvalue weighted by atomic mass is 9.74. The smallest absolute Gasteiger partial charge is 0.272 e. The summed E-state index contributed by atoms with van der Waals surface area (Å²) in [6.07, 6.45) is 6.13. The molecule has 0 N–H and O–H groups in total. The molecule has 0 bridgehead atoms. The molecule has 4 rings (SSSR count). The Bertz CT molecular complexity index is 1140. The number of rotatable bonds is 7. The summed E-state index contributed by atoms with van der Waals surface area (Å²) in [6, 6.07) is 16.1. The predicted molar refractivity (Wildman–Crippen MR) is 128 cm³/mol. The first-order valence-corrected chi connectivity index (χ1v) is 11.3. The SMILES string of the molecule is [C-]#[N+]c1ccc(Cn2cncc2C(=O)N2CCC(COC)(Cc3cccc(C)c3)CC2)cc1. The molecule has 2 aromatic carbocycles. The van der Waals surface area contributed by atoms with Crippen LogP contribution >= 0.6 is 0 Å². The maximum atomic E-state index is 13.3. The fourth-order valence-electron chi connectivity index (χ4n) is 4.78. The molecule has 1 aliphatic rings. The van der Waals surface area contributed by atoms with Crippen LogP contribution in [0.3, 0.4) is 0 Å². The maximum Gasteiger partial charge on any atom is 0.272 e. The number of hydrogen-bond acceptors (Lipinski definition) is 3. The number of likely N-dealkylation sites (tertiary alicyclic amines) is 1. The molecular weight excluding hydrogens is 412 g/mol. The van der Waals surface area contributed by atoms with Crippen molar-refractivity contribution in [3.63, 3.8) is 0 Å². The lowest BCUT2D eigenvalue weighted by molar-refractivity contribution is 0.0199. The van der Waals surface area contributed by atoms with Crippen LogP contribution < -0.4 is 0 Å². The van der Waals surface area contributed by atoms with Crippen LogP contribution in [0.15, 0.2) is 61.1 Å². The number of carbonyl (C=O) groups is 1. The van der Waals surface area contributed by atoms with Crippen LogP contribution in [0, 0.1) is 18.9 Å². The van der Waals surface area contributed by atoms with E-state index >= 15 is 0 Å². The molecule has 0 radical (unpaired) electrons. The van der Waals surface area contributed by atoms with Gasteiger partial charge in [0.2, 0.25) is 0 Å². The highest BCUT2D eigenvalue weighted by molar-refractivity contribution is 5.92. The minimum atomic E-state index is 0.0202. The number of ether oxygens (including phenoxy) is 1. The number of piperidine rings is 1. The summed E-state index contributed by atoms with van der Waals surface area (Å²) in [5.41, 5.74) is 4.88. The molecule has 1 saturated heterocycles. The summed E-state index contributed by atoms with van der Waals surface area (Å²) >= 11 is 0. The molecule has 1 amide bonds. The molecule has 1 aliphatic heterocycles. The van der Waals surface area contributed by atoms with Crippen LogP contribution in [0.5, 0.6) is 0 Å². The van der Waals surface area contributed by atoms with Gasteiger partial charge in [-0.3, -0.25) is 4.79 Å². The number of carbonyl (C=O) groups excluding carboxylic acids is 1. The number of hydrogen-bond donors (Lipinski definition) is 0. The van der Waals surface area contributed by atoms with E-state index in [1.54, 1.807) is 31.8 Å². The Morgan fingerprint density at radius 1 is 1.15 bits per heavy atom. The molecule has 2 heterocycles. The summed E-state index contributed by atoms with van der Waals surface area (Å²) < 4.78 is 7.51. The normalized spacial score (nSPS) is 15.2. The van der Waals surface area contributed by atoms with Crippen molar-refractivity contribution in [3.05, 3.63) is 94.9 Å². The van der Waals surface area contributed by atoms with Gasteiger partial charge in [0.1, 0.15) is 5.69 Å². The number of benzene rings is 2. The van der Waals surface area contributed by atoms with E-state index in [9.17, 15) is 4.79 Å². The Morgan fingerprint density at radius 3 is 2.58 bits per heavy atom. The van der Waals surface area contributed by atoms with Crippen LogP contribution in [0.4, 0.5) is 5.69 Å². The highest BCUT2D eigenvalue weighted by atomic mass is 16.5. The van der Waals surface area contributed by atoms with E-state index < -0.39 is 0 Å². The van der Waals surface area contributed by atoms with Gasteiger partial charge in [0.05, 0.1) is 25.7 Å². The third-order valence-electron chi connectivity index (χ3n) is 6.57. The van der Waals surface area contributed by atoms with Gasteiger partial charge in [-0.15, -0.1) is 0 Å². The van der Waals surface area contributed by atoms with E-state index in [4.69, 9.17) is 11.3 Å². The fourth-order valence-corrected chi connectivity index (χ4v) is 4.78. The monoisotopic (exact) mass is 442 g/mol. The average Bonchev–Trinajstić information content (AvgIpc) is 3.28. The van der Waals surface area contributed by atoms with Crippen molar-refractivity contribution < 1.29 is 9.53 Å². The summed E-state index contributed by atoms with van der Waals surface area (Å²) in [4.78, 5) is 23.0. The van der Waals surface area contributed by atoms with Gasteiger partial charge in [0.15, 0.2) is 5.69 Å². The number of aromatic nitrogens is 2. The molecule has 1 aromatic heterocycles. The number of nitrogens with zero attached hydrogens (tertiary/aromatic N) is 4. The molecular formula is C27H30N4O2. The maximum absolute atomic E-state index is 13.3.